The van der Waals surface area contributed by atoms with E-state index in [4.69, 9.17) is 4.74 Å². The van der Waals surface area contributed by atoms with Crippen LogP contribution < -0.4 is 10.3 Å². The lowest BCUT2D eigenvalue weighted by Crippen LogP contribution is -2.36. The van der Waals surface area contributed by atoms with E-state index in [1.807, 2.05) is 20.8 Å². The maximum atomic E-state index is 13.3. The highest BCUT2D eigenvalue weighted by atomic mass is 19.4. The van der Waals surface area contributed by atoms with E-state index in [-0.39, 0.29) is 18.0 Å². The summed E-state index contributed by atoms with van der Waals surface area (Å²) in [6.07, 6.45) is -4.82. The van der Waals surface area contributed by atoms with Crippen molar-refractivity contribution < 1.29 is 27.4 Å². The maximum absolute atomic E-state index is 13.3. The van der Waals surface area contributed by atoms with Crippen molar-refractivity contribution in [2.45, 2.75) is 65.5 Å². The van der Waals surface area contributed by atoms with Crippen LogP contribution in [0.2, 0.25) is 0 Å². The number of hydrogen-bond donors (Lipinski definition) is 0. The highest BCUT2D eigenvalue weighted by molar-refractivity contribution is 5.83. The quantitative estimate of drug-likeness (QED) is 0.459. The predicted octanol–water partition coefficient (Wildman–Crippen LogP) is 5.60. The number of hydrogen-bond acceptors (Lipinski definition) is 5. The van der Waals surface area contributed by atoms with Crippen molar-refractivity contribution in [1.29, 1.82) is 0 Å². The van der Waals surface area contributed by atoms with Crippen molar-refractivity contribution >= 4 is 17.0 Å². The molecule has 182 valence electrons. The van der Waals surface area contributed by atoms with Crippen molar-refractivity contribution in [3.63, 3.8) is 0 Å². The molecular formula is C25H27F3N2O4. The molecule has 0 amide bonds. The SMILES string of the molecule is CC(C)(C)OC(=O)Cn1c(=O)c(C(C)(C)C)nc2ccc(-c3cccc(OC(F)(F)F)c3)cc21. The molecule has 0 atom stereocenters. The Morgan fingerprint density at radius 1 is 0.971 bits per heavy atom. The Labute approximate surface area is 195 Å². The number of halogens is 3. The normalized spacial score (nSPS) is 12.6. The van der Waals surface area contributed by atoms with Gasteiger partial charge in [0.15, 0.2) is 0 Å². The minimum Gasteiger partial charge on any atom is -0.459 e. The number of rotatable bonds is 4. The summed E-state index contributed by atoms with van der Waals surface area (Å²) in [5.74, 6) is -0.953. The number of aromatic nitrogens is 2. The van der Waals surface area contributed by atoms with Gasteiger partial charge in [-0.2, -0.15) is 0 Å². The predicted molar refractivity (Wildman–Crippen MR) is 123 cm³/mol. The number of fused-ring (bicyclic) bond motifs is 1. The smallest absolute Gasteiger partial charge is 0.459 e. The Kier molecular flexibility index (Phi) is 6.52. The van der Waals surface area contributed by atoms with Crippen molar-refractivity contribution in [3.8, 4) is 16.9 Å². The summed E-state index contributed by atoms with van der Waals surface area (Å²) >= 11 is 0. The van der Waals surface area contributed by atoms with E-state index >= 15 is 0 Å². The van der Waals surface area contributed by atoms with Crippen LogP contribution in [0.4, 0.5) is 13.2 Å². The first-order valence-corrected chi connectivity index (χ1v) is 10.7. The van der Waals surface area contributed by atoms with Gasteiger partial charge in [0.1, 0.15) is 23.6 Å². The number of nitrogens with zero attached hydrogens (tertiary/aromatic N) is 2. The van der Waals surface area contributed by atoms with Crippen LogP contribution in [-0.4, -0.2) is 27.5 Å². The lowest BCUT2D eigenvalue weighted by Gasteiger charge is -2.22. The van der Waals surface area contributed by atoms with Crippen LogP contribution in [0.25, 0.3) is 22.2 Å². The lowest BCUT2D eigenvalue weighted by molar-refractivity contribution is -0.274. The first kappa shape index (κ1) is 25.3. The number of carbonyl (C=O) groups is 1. The van der Waals surface area contributed by atoms with Crippen LogP contribution in [0.5, 0.6) is 5.75 Å². The lowest BCUT2D eigenvalue weighted by atomic mass is 9.92. The molecule has 0 saturated heterocycles. The number of esters is 1. The molecule has 1 aromatic heterocycles. The van der Waals surface area contributed by atoms with Crippen LogP contribution in [-0.2, 0) is 21.5 Å². The van der Waals surface area contributed by atoms with E-state index in [9.17, 15) is 22.8 Å². The second-order valence-electron chi connectivity index (χ2n) is 9.97. The summed E-state index contributed by atoms with van der Waals surface area (Å²) in [6.45, 7) is 10.4. The average Bonchev–Trinajstić information content (AvgIpc) is 2.66. The Morgan fingerprint density at radius 2 is 1.62 bits per heavy atom. The van der Waals surface area contributed by atoms with Crippen molar-refractivity contribution in [1.82, 2.24) is 9.55 Å². The molecule has 34 heavy (non-hydrogen) atoms. The molecular weight excluding hydrogens is 449 g/mol. The van der Waals surface area contributed by atoms with Crippen LogP contribution in [0.3, 0.4) is 0 Å². The topological polar surface area (TPSA) is 70.4 Å². The summed E-state index contributed by atoms with van der Waals surface area (Å²) in [5.41, 5.74) is 0.350. The third-order valence-electron chi connectivity index (χ3n) is 4.76. The van der Waals surface area contributed by atoms with Gasteiger partial charge in [0.05, 0.1) is 11.0 Å². The molecule has 0 spiro atoms. The summed E-state index contributed by atoms with van der Waals surface area (Å²) < 4.78 is 48.7. The van der Waals surface area contributed by atoms with Gasteiger partial charge in [0.25, 0.3) is 5.56 Å². The van der Waals surface area contributed by atoms with Gasteiger partial charge in [-0.3, -0.25) is 14.2 Å². The second-order valence-corrected chi connectivity index (χ2v) is 9.97. The molecule has 9 heteroatoms. The Hall–Kier alpha value is -3.36. The van der Waals surface area contributed by atoms with Gasteiger partial charge in [0.2, 0.25) is 0 Å². The Balaban J connectivity index is 2.17. The van der Waals surface area contributed by atoms with Gasteiger partial charge in [0, 0.05) is 5.41 Å². The highest BCUT2D eigenvalue weighted by Crippen LogP contribution is 2.30. The van der Waals surface area contributed by atoms with Gasteiger partial charge in [-0.15, -0.1) is 13.2 Å². The first-order valence-electron chi connectivity index (χ1n) is 10.7. The molecule has 0 aliphatic rings. The maximum Gasteiger partial charge on any atom is 0.573 e. The minimum atomic E-state index is -4.82. The highest BCUT2D eigenvalue weighted by Gasteiger charge is 2.31. The third kappa shape index (κ3) is 6.15. The standard InChI is InChI=1S/C25H27F3N2O4/c1-23(2,3)21-22(32)30(14-20(31)34-24(4,5)6)19-13-16(10-11-18(19)29-21)15-8-7-9-17(12-15)33-25(26,27)28/h7-13H,14H2,1-6H3. The molecule has 0 fully saturated rings. The molecule has 0 aliphatic heterocycles. The molecule has 0 bridgehead atoms. The van der Waals surface area contributed by atoms with Gasteiger partial charge in [-0.05, 0) is 56.2 Å². The van der Waals surface area contributed by atoms with Crippen LogP contribution in [0, 0.1) is 0 Å². The fraction of sp³-hybridized carbons (Fsp3) is 0.400. The largest absolute Gasteiger partial charge is 0.573 e. The summed E-state index contributed by atoms with van der Waals surface area (Å²) in [5, 5.41) is 0. The summed E-state index contributed by atoms with van der Waals surface area (Å²) in [7, 11) is 0. The summed E-state index contributed by atoms with van der Waals surface area (Å²) in [6, 6.07) is 10.5. The number of ether oxygens (including phenoxy) is 2. The minimum absolute atomic E-state index is 0.289. The van der Waals surface area contributed by atoms with E-state index in [1.165, 1.54) is 22.8 Å². The van der Waals surface area contributed by atoms with Gasteiger partial charge in [-0.1, -0.05) is 39.0 Å². The van der Waals surface area contributed by atoms with E-state index in [0.29, 0.717) is 22.2 Å². The van der Waals surface area contributed by atoms with E-state index in [0.717, 1.165) is 0 Å². The second kappa shape index (κ2) is 8.77. The molecule has 2 aromatic carbocycles. The van der Waals surface area contributed by atoms with E-state index < -0.39 is 28.9 Å². The molecule has 0 unspecified atom stereocenters. The van der Waals surface area contributed by atoms with Gasteiger partial charge >= 0.3 is 12.3 Å². The van der Waals surface area contributed by atoms with Crippen molar-refractivity contribution in [3.05, 3.63) is 58.5 Å². The molecule has 0 aliphatic carbocycles. The zero-order valence-corrected chi connectivity index (χ0v) is 19.9. The molecule has 0 saturated carbocycles. The zero-order valence-electron chi connectivity index (χ0n) is 19.9. The average molecular weight is 476 g/mol. The van der Waals surface area contributed by atoms with Crippen molar-refractivity contribution in [2.24, 2.45) is 0 Å². The molecule has 0 N–H and O–H groups in total. The van der Waals surface area contributed by atoms with Crippen molar-refractivity contribution in [2.75, 3.05) is 0 Å². The summed E-state index contributed by atoms with van der Waals surface area (Å²) in [4.78, 5) is 30.5. The molecule has 3 aromatic rings. The zero-order chi connectivity index (χ0) is 25.5. The Bertz CT molecular complexity index is 1280. The van der Waals surface area contributed by atoms with Crippen LogP contribution in [0.15, 0.2) is 47.3 Å². The van der Waals surface area contributed by atoms with Gasteiger partial charge in [-0.25, -0.2) is 4.98 Å². The molecule has 0 radical (unpaired) electrons. The van der Waals surface area contributed by atoms with Crippen LogP contribution >= 0.6 is 0 Å². The molecule has 1 heterocycles. The fourth-order valence-corrected chi connectivity index (χ4v) is 3.44. The number of alkyl halides is 3. The number of carbonyl (C=O) groups excluding carboxylic acids is 1. The van der Waals surface area contributed by atoms with Gasteiger partial charge < -0.3 is 9.47 Å². The van der Waals surface area contributed by atoms with E-state index in [2.05, 4.69) is 9.72 Å². The van der Waals surface area contributed by atoms with Crippen LogP contribution in [0.1, 0.15) is 47.2 Å². The fourth-order valence-electron chi connectivity index (χ4n) is 3.44. The number of benzene rings is 2. The first-order chi connectivity index (χ1) is 15.5. The monoisotopic (exact) mass is 476 g/mol. The molecule has 6 nitrogen and oxygen atoms in total. The Morgan fingerprint density at radius 3 is 2.21 bits per heavy atom. The molecule has 3 rings (SSSR count). The van der Waals surface area contributed by atoms with E-state index in [1.54, 1.807) is 45.0 Å². The third-order valence-corrected chi connectivity index (χ3v) is 4.76.